The van der Waals surface area contributed by atoms with Crippen molar-refractivity contribution in [2.24, 2.45) is 5.92 Å². The van der Waals surface area contributed by atoms with Crippen LogP contribution >= 0.6 is 0 Å². The maximum atomic E-state index is 12.6. The van der Waals surface area contributed by atoms with E-state index in [9.17, 15) is 22.8 Å². The van der Waals surface area contributed by atoms with E-state index < -0.39 is 23.7 Å². The first-order chi connectivity index (χ1) is 11.1. The van der Waals surface area contributed by atoms with Crippen molar-refractivity contribution >= 4 is 11.8 Å². The molecule has 1 rings (SSSR count). The zero-order valence-electron chi connectivity index (χ0n) is 13.6. The van der Waals surface area contributed by atoms with Crippen LogP contribution in [0.2, 0.25) is 0 Å². The number of hydrogen-bond donors (Lipinski definition) is 2. The average Bonchev–Trinajstić information content (AvgIpc) is 2.48. The highest BCUT2D eigenvalue weighted by atomic mass is 19.4. The molecular formula is C17H19F3N2O2. The number of nitrogens with one attached hydrogen (secondary N) is 2. The lowest BCUT2D eigenvalue weighted by Crippen LogP contribution is -2.49. The number of hydrogen-bond acceptors (Lipinski definition) is 2. The molecule has 4 nitrogen and oxygen atoms in total. The Labute approximate surface area is 138 Å². The van der Waals surface area contributed by atoms with Crippen LogP contribution in [0, 0.1) is 17.8 Å². The Kier molecular flexibility index (Phi) is 6.83. The molecular weight excluding hydrogens is 321 g/mol. The molecule has 0 bridgehead atoms. The molecule has 0 aliphatic rings. The van der Waals surface area contributed by atoms with Gasteiger partial charge in [-0.3, -0.25) is 9.59 Å². The average molecular weight is 340 g/mol. The fourth-order valence-corrected chi connectivity index (χ4v) is 1.91. The molecule has 0 heterocycles. The SMILES string of the molecule is CC(=O)N[C@@H](C(=O)NCC#Cc1cccc(C(F)(F)F)c1)C(C)C. The van der Waals surface area contributed by atoms with Gasteiger partial charge in [-0.2, -0.15) is 13.2 Å². The van der Waals surface area contributed by atoms with E-state index in [1.807, 2.05) is 0 Å². The summed E-state index contributed by atoms with van der Waals surface area (Å²) in [5.41, 5.74) is -0.565. The summed E-state index contributed by atoms with van der Waals surface area (Å²) in [6.45, 7) is 4.86. The van der Waals surface area contributed by atoms with Gasteiger partial charge >= 0.3 is 6.18 Å². The van der Waals surface area contributed by atoms with Crippen molar-refractivity contribution in [3.63, 3.8) is 0 Å². The van der Waals surface area contributed by atoms with Crippen LogP contribution in [-0.4, -0.2) is 24.4 Å². The molecule has 24 heavy (non-hydrogen) atoms. The van der Waals surface area contributed by atoms with Crippen LogP contribution < -0.4 is 10.6 Å². The topological polar surface area (TPSA) is 58.2 Å². The third-order valence-corrected chi connectivity index (χ3v) is 3.08. The fraction of sp³-hybridized carbons (Fsp3) is 0.412. The van der Waals surface area contributed by atoms with Crippen LogP contribution in [0.1, 0.15) is 31.9 Å². The summed E-state index contributed by atoms with van der Waals surface area (Å²) in [7, 11) is 0. The Morgan fingerprint density at radius 1 is 1.25 bits per heavy atom. The lowest BCUT2D eigenvalue weighted by molar-refractivity contribution is -0.137. The molecule has 1 atom stereocenters. The van der Waals surface area contributed by atoms with E-state index in [2.05, 4.69) is 22.5 Å². The smallest absolute Gasteiger partial charge is 0.344 e. The van der Waals surface area contributed by atoms with Gasteiger partial charge < -0.3 is 10.6 Å². The molecule has 0 saturated heterocycles. The standard InChI is InChI=1S/C17H19F3N2O2/c1-11(2)15(22-12(3)23)16(24)21-9-5-7-13-6-4-8-14(10-13)17(18,19)20/h4,6,8,10-11,15H,9H2,1-3H3,(H,21,24)(H,22,23)/t15-/m1/s1. The quantitative estimate of drug-likeness (QED) is 0.827. The molecule has 0 aromatic heterocycles. The van der Waals surface area contributed by atoms with Gasteiger partial charge in [-0.1, -0.05) is 31.8 Å². The zero-order valence-corrected chi connectivity index (χ0v) is 13.6. The number of rotatable bonds is 4. The van der Waals surface area contributed by atoms with Gasteiger partial charge in [0.15, 0.2) is 0 Å². The summed E-state index contributed by atoms with van der Waals surface area (Å²) in [4.78, 5) is 23.1. The molecule has 7 heteroatoms. The maximum absolute atomic E-state index is 12.6. The molecule has 0 aliphatic carbocycles. The van der Waals surface area contributed by atoms with Gasteiger partial charge in [0.25, 0.3) is 0 Å². The van der Waals surface area contributed by atoms with E-state index >= 15 is 0 Å². The van der Waals surface area contributed by atoms with Gasteiger partial charge in [0.1, 0.15) is 6.04 Å². The highest BCUT2D eigenvalue weighted by Gasteiger charge is 2.30. The summed E-state index contributed by atoms with van der Waals surface area (Å²) >= 11 is 0. The summed E-state index contributed by atoms with van der Waals surface area (Å²) in [6, 6.07) is 3.96. The van der Waals surface area contributed by atoms with Gasteiger partial charge in [-0.05, 0) is 24.1 Å². The first-order valence-electron chi connectivity index (χ1n) is 7.32. The van der Waals surface area contributed by atoms with Crippen LogP contribution in [0.4, 0.5) is 13.2 Å². The van der Waals surface area contributed by atoms with Gasteiger partial charge in [0, 0.05) is 12.5 Å². The fourth-order valence-electron chi connectivity index (χ4n) is 1.91. The van der Waals surface area contributed by atoms with Crippen molar-refractivity contribution < 1.29 is 22.8 Å². The maximum Gasteiger partial charge on any atom is 0.416 e. The highest BCUT2D eigenvalue weighted by molar-refractivity contribution is 5.87. The molecule has 1 aromatic rings. The summed E-state index contributed by atoms with van der Waals surface area (Å²) in [5.74, 6) is 4.35. The minimum absolute atomic E-state index is 0.0299. The lowest BCUT2D eigenvalue weighted by atomic mass is 10.0. The third kappa shape index (κ3) is 6.32. The molecule has 2 amide bonds. The van der Waals surface area contributed by atoms with Crippen LogP contribution in [0.5, 0.6) is 0 Å². The Morgan fingerprint density at radius 2 is 1.92 bits per heavy atom. The number of amides is 2. The normalized spacial score (nSPS) is 12.1. The van der Waals surface area contributed by atoms with E-state index in [1.165, 1.54) is 19.1 Å². The largest absolute Gasteiger partial charge is 0.416 e. The third-order valence-electron chi connectivity index (χ3n) is 3.08. The lowest BCUT2D eigenvalue weighted by Gasteiger charge is -2.20. The Bertz CT molecular complexity index is 658. The number of carbonyl (C=O) groups is 2. The molecule has 0 fully saturated rings. The molecule has 0 spiro atoms. The molecule has 1 aromatic carbocycles. The Morgan fingerprint density at radius 3 is 2.46 bits per heavy atom. The van der Waals surface area contributed by atoms with E-state index in [0.717, 1.165) is 12.1 Å². The van der Waals surface area contributed by atoms with E-state index in [-0.39, 0.29) is 23.9 Å². The van der Waals surface area contributed by atoms with E-state index in [4.69, 9.17) is 0 Å². The summed E-state index contributed by atoms with van der Waals surface area (Å²) < 4.78 is 37.8. The second kappa shape index (κ2) is 8.39. The number of carbonyl (C=O) groups excluding carboxylic acids is 2. The minimum atomic E-state index is -4.42. The van der Waals surface area contributed by atoms with Crippen molar-refractivity contribution in [2.45, 2.75) is 33.0 Å². The second-order valence-electron chi connectivity index (χ2n) is 5.52. The van der Waals surface area contributed by atoms with Gasteiger partial charge in [-0.15, -0.1) is 0 Å². The second-order valence-corrected chi connectivity index (χ2v) is 5.52. The predicted octanol–water partition coefficient (Wildman–Crippen LogP) is 2.33. The number of benzene rings is 1. The van der Waals surface area contributed by atoms with E-state index in [1.54, 1.807) is 13.8 Å². The van der Waals surface area contributed by atoms with Crippen molar-refractivity contribution in [3.8, 4) is 11.8 Å². The van der Waals surface area contributed by atoms with Crippen molar-refractivity contribution in [1.29, 1.82) is 0 Å². The van der Waals surface area contributed by atoms with Gasteiger partial charge in [0.2, 0.25) is 11.8 Å². The molecule has 130 valence electrons. The molecule has 0 radical (unpaired) electrons. The minimum Gasteiger partial charge on any atom is -0.344 e. The van der Waals surface area contributed by atoms with Crippen molar-refractivity contribution in [1.82, 2.24) is 10.6 Å². The Hall–Kier alpha value is -2.49. The van der Waals surface area contributed by atoms with Crippen molar-refractivity contribution in [3.05, 3.63) is 35.4 Å². The highest BCUT2D eigenvalue weighted by Crippen LogP contribution is 2.29. The van der Waals surface area contributed by atoms with Gasteiger partial charge in [0.05, 0.1) is 12.1 Å². The molecule has 0 saturated carbocycles. The first-order valence-corrected chi connectivity index (χ1v) is 7.32. The van der Waals surface area contributed by atoms with Crippen LogP contribution in [0.15, 0.2) is 24.3 Å². The zero-order chi connectivity index (χ0) is 18.3. The van der Waals surface area contributed by atoms with Crippen LogP contribution in [-0.2, 0) is 15.8 Å². The Balaban J connectivity index is 2.67. The molecule has 2 N–H and O–H groups in total. The predicted molar refractivity (Wildman–Crippen MR) is 83.8 cm³/mol. The number of halogens is 3. The summed E-state index contributed by atoms with van der Waals surface area (Å²) in [5, 5.41) is 5.07. The van der Waals surface area contributed by atoms with Gasteiger partial charge in [-0.25, -0.2) is 0 Å². The summed E-state index contributed by atoms with van der Waals surface area (Å²) in [6.07, 6.45) is -4.42. The van der Waals surface area contributed by atoms with Crippen LogP contribution in [0.25, 0.3) is 0 Å². The monoisotopic (exact) mass is 340 g/mol. The van der Waals surface area contributed by atoms with Crippen LogP contribution in [0.3, 0.4) is 0 Å². The number of alkyl halides is 3. The molecule has 0 aliphatic heterocycles. The first kappa shape index (κ1) is 19.6. The van der Waals surface area contributed by atoms with Crippen molar-refractivity contribution in [2.75, 3.05) is 6.54 Å². The van der Waals surface area contributed by atoms with E-state index in [0.29, 0.717) is 0 Å². The molecule has 0 unspecified atom stereocenters.